The molecule has 1 N–H and O–H groups in total. The van der Waals surface area contributed by atoms with Crippen molar-refractivity contribution < 1.29 is 9.21 Å². The molecule has 0 spiro atoms. The topological polar surface area (TPSA) is 54.6 Å². The van der Waals surface area contributed by atoms with Gasteiger partial charge in [0.2, 0.25) is 5.91 Å². The largest absolute Gasteiger partial charge is 0.455 e. The molecule has 4 nitrogen and oxygen atoms in total. The molecule has 0 fully saturated rings. The van der Waals surface area contributed by atoms with Crippen molar-refractivity contribution in [2.45, 2.75) is 12.8 Å². The van der Waals surface area contributed by atoms with Crippen molar-refractivity contribution in [2.24, 2.45) is 5.10 Å². The van der Waals surface area contributed by atoms with Crippen molar-refractivity contribution in [3.8, 4) is 11.3 Å². The van der Waals surface area contributed by atoms with Crippen molar-refractivity contribution >= 4 is 35.3 Å². The van der Waals surface area contributed by atoms with Crippen LogP contribution < -0.4 is 5.43 Å². The van der Waals surface area contributed by atoms with Crippen LogP contribution in [-0.2, 0) is 11.2 Å². The zero-order valence-electron chi connectivity index (χ0n) is 13.8. The van der Waals surface area contributed by atoms with Gasteiger partial charge >= 0.3 is 0 Å². The highest BCUT2D eigenvalue weighted by molar-refractivity contribution is 6.42. The van der Waals surface area contributed by atoms with Crippen molar-refractivity contribution in [1.29, 1.82) is 0 Å². The molecule has 132 valence electrons. The maximum Gasteiger partial charge on any atom is 0.240 e. The molecular formula is C20H16Cl2N2O2. The molecule has 0 saturated carbocycles. The summed E-state index contributed by atoms with van der Waals surface area (Å²) >= 11 is 11.9. The number of amides is 1. The quantitative estimate of drug-likeness (QED) is 0.459. The van der Waals surface area contributed by atoms with Crippen molar-refractivity contribution in [2.75, 3.05) is 0 Å². The number of hydrazone groups is 1. The van der Waals surface area contributed by atoms with Crippen LogP contribution in [0.2, 0.25) is 10.0 Å². The number of carbonyl (C=O) groups is 1. The van der Waals surface area contributed by atoms with Crippen LogP contribution in [0.4, 0.5) is 0 Å². The molecule has 3 aromatic rings. The highest BCUT2D eigenvalue weighted by Gasteiger charge is 2.06. The second-order valence-corrected chi connectivity index (χ2v) is 6.42. The molecule has 0 aliphatic carbocycles. The molecule has 0 bridgehead atoms. The molecule has 1 amide bonds. The third kappa shape index (κ3) is 4.97. The van der Waals surface area contributed by atoms with Gasteiger partial charge in [0.25, 0.3) is 0 Å². The Bertz CT molecular complexity index is 921. The lowest BCUT2D eigenvalue weighted by molar-refractivity contribution is -0.121. The molecule has 0 aliphatic rings. The normalized spacial score (nSPS) is 11.0. The van der Waals surface area contributed by atoms with E-state index in [9.17, 15) is 4.79 Å². The van der Waals surface area contributed by atoms with Gasteiger partial charge in [0.15, 0.2) is 0 Å². The molecule has 2 aromatic carbocycles. The smallest absolute Gasteiger partial charge is 0.240 e. The van der Waals surface area contributed by atoms with Gasteiger partial charge in [0.1, 0.15) is 11.5 Å². The number of nitrogens with one attached hydrogen (secondary N) is 1. The zero-order chi connectivity index (χ0) is 18.4. The number of rotatable bonds is 6. The van der Waals surface area contributed by atoms with Gasteiger partial charge in [-0.2, -0.15) is 5.10 Å². The van der Waals surface area contributed by atoms with Crippen molar-refractivity contribution in [3.63, 3.8) is 0 Å². The minimum absolute atomic E-state index is 0.152. The van der Waals surface area contributed by atoms with E-state index in [1.54, 1.807) is 24.3 Å². The fraction of sp³-hybridized carbons (Fsp3) is 0.100. The Morgan fingerprint density at radius 1 is 1.04 bits per heavy atom. The number of aryl methyl sites for hydroxylation is 1. The number of hydrogen-bond donors (Lipinski definition) is 1. The van der Waals surface area contributed by atoms with Gasteiger partial charge in [-0.05, 0) is 42.3 Å². The van der Waals surface area contributed by atoms with E-state index >= 15 is 0 Å². The highest BCUT2D eigenvalue weighted by atomic mass is 35.5. The third-order valence-corrected chi connectivity index (χ3v) is 4.43. The number of nitrogens with zero attached hydrogens (tertiary/aromatic N) is 1. The van der Waals surface area contributed by atoms with E-state index in [1.807, 2.05) is 36.4 Å². The standard InChI is InChI=1S/C20H16Cl2N2O2/c21-17-9-7-15(12-18(17)22)19-10-8-16(26-19)13-23-24-20(25)11-6-14-4-2-1-3-5-14/h1-5,7-10,12-13H,6,11H2,(H,24,25). The molecule has 1 heterocycles. The molecule has 0 saturated heterocycles. The van der Waals surface area contributed by atoms with Crippen LogP contribution in [-0.4, -0.2) is 12.1 Å². The lowest BCUT2D eigenvalue weighted by Gasteiger charge is -2.00. The number of furan rings is 1. The Balaban J connectivity index is 1.53. The number of hydrogen-bond acceptors (Lipinski definition) is 3. The molecule has 0 radical (unpaired) electrons. The number of benzene rings is 2. The first kappa shape index (κ1) is 18.2. The molecule has 1 aromatic heterocycles. The Morgan fingerprint density at radius 2 is 1.85 bits per heavy atom. The molecular weight excluding hydrogens is 371 g/mol. The molecule has 0 unspecified atom stereocenters. The summed E-state index contributed by atoms with van der Waals surface area (Å²) in [6.07, 6.45) is 2.50. The Hall–Kier alpha value is -2.56. The van der Waals surface area contributed by atoms with Gasteiger partial charge in [-0.15, -0.1) is 0 Å². The Kier molecular flexibility index (Phi) is 6.10. The van der Waals surface area contributed by atoms with E-state index in [0.717, 1.165) is 11.1 Å². The monoisotopic (exact) mass is 386 g/mol. The van der Waals surface area contributed by atoms with E-state index in [1.165, 1.54) is 6.21 Å². The summed E-state index contributed by atoms with van der Waals surface area (Å²) in [4.78, 5) is 11.8. The summed E-state index contributed by atoms with van der Waals surface area (Å²) in [5, 5.41) is 4.87. The predicted molar refractivity (Wildman–Crippen MR) is 105 cm³/mol. The van der Waals surface area contributed by atoms with Crippen LogP contribution in [0, 0.1) is 0 Å². The zero-order valence-corrected chi connectivity index (χ0v) is 15.3. The van der Waals surface area contributed by atoms with E-state index < -0.39 is 0 Å². The van der Waals surface area contributed by atoms with E-state index in [4.69, 9.17) is 27.6 Å². The van der Waals surface area contributed by atoms with Gasteiger partial charge in [-0.1, -0.05) is 53.5 Å². The van der Waals surface area contributed by atoms with Gasteiger partial charge in [-0.25, -0.2) is 5.43 Å². The Labute approximate surface area is 161 Å². The number of halogens is 2. The number of carbonyl (C=O) groups excluding carboxylic acids is 1. The predicted octanol–water partition coefficient (Wildman–Crippen LogP) is 5.34. The Morgan fingerprint density at radius 3 is 2.62 bits per heavy atom. The van der Waals surface area contributed by atoms with Gasteiger partial charge in [0.05, 0.1) is 16.3 Å². The maximum absolute atomic E-state index is 11.8. The highest BCUT2D eigenvalue weighted by Crippen LogP contribution is 2.29. The average Bonchev–Trinajstić information content (AvgIpc) is 3.12. The van der Waals surface area contributed by atoms with Crippen molar-refractivity contribution in [3.05, 3.63) is 82.0 Å². The van der Waals surface area contributed by atoms with E-state index in [-0.39, 0.29) is 5.91 Å². The molecule has 6 heteroatoms. The second kappa shape index (κ2) is 8.70. The maximum atomic E-state index is 11.8. The van der Waals surface area contributed by atoms with Gasteiger partial charge < -0.3 is 4.42 Å². The average molecular weight is 387 g/mol. The van der Waals surface area contributed by atoms with Crippen LogP contribution >= 0.6 is 23.2 Å². The second-order valence-electron chi connectivity index (χ2n) is 5.61. The summed E-state index contributed by atoms with van der Waals surface area (Å²) in [6.45, 7) is 0. The first-order valence-corrected chi connectivity index (χ1v) is 8.78. The van der Waals surface area contributed by atoms with Crippen LogP contribution in [0.3, 0.4) is 0 Å². The molecule has 0 aliphatic heterocycles. The van der Waals surface area contributed by atoms with Crippen LogP contribution in [0.5, 0.6) is 0 Å². The first-order chi connectivity index (χ1) is 12.6. The molecule has 3 rings (SSSR count). The summed E-state index contributed by atoms with van der Waals surface area (Å²) in [5.74, 6) is 1.01. The fourth-order valence-electron chi connectivity index (χ4n) is 2.35. The summed E-state index contributed by atoms with van der Waals surface area (Å²) in [5.41, 5.74) is 4.42. The van der Waals surface area contributed by atoms with Gasteiger partial charge in [0, 0.05) is 12.0 Å². The molecule has 26 heavy (non-hydrogen) atoms. The molecule has 0 atom stereocenters. The lowest BCUT2D eigenvalue weighted by atomic mass is 10.1. The van der Waals surface area contributed by atoms with E-state index in [2.05, 4.69) is 10.5 Å². The third-order valence-electron chi connectivity index (χ3n) is 3.70. The van der Waals surface area contributed by atoms with Crippen LogP contribution in [0.15, 0.2) is 70.2 Å². The van der Waals surface area contributed by atoms with Crippen molar-refractivity contribution in [1.82, 2.24) is 5.43 Å². The minimum atomic E-state index is -0.152. The summed E-state index contributed by atoms with van der Waals surface area (Å²) in [6, 6.07) is 18.7. The van der Waals surface area contributed by atoms with Gasteiger partial charge in [-0.3, -0.25) is 4.79 Å². The summed E-state index contributed by atoms with van der Waals surface area (Å²) in [7, 11) is 0. The van der Waals surface area contributed by atoms with Crippen LogP contribution in [0.25, 0.3) is 11.3 Å². The lowest BCUT2D eigenvalue weighted by Crippen LogP contribution is -2.17. The fourth-order valence-corrected chi connectivity index (χ4v) is 2.65. The first-order valence-electron chi connectivity index (χ1n) is 8.03. The minimum Gasteiger partial charge on any atom is -0.455 e. The van der Waals surface area contributed by atoms with E-state index in [0.29, 0.717) is 34.4 Å². The van der Waals surface area contributed by atoms with Crippen LogP contribution in [0.1, 0.15) is 17.7 Å². The summed E-state index contributed by atoms with van der Waals surface area (Å²) < 4.78 is 5.67. The SMILES string of the molecule is O=C(CCc1ccccc1)NN=Cc1ccc(-c2ccc(Cl)c(Cl)c2)o1.